The fraction of sp³-hybridized carbons (Fsp3) is 0.357. The third-order valence-electron chi connectivity index (χ3n) is 3.23. The lowest BCUT2D eigenvalue weighted by atomic mass is 10.0. The molecular weight excluding hydrogens is 305 g/mol. The summed E-state index contributed by atoms with van der Waals surface area (Å²) in [4.78, 5) is 0. The number of benzene rings is 1. The van der Waals surface area contributed by atoms with Gasteiger partial charge in [0.25, 0.3) is 0 Å². The number of aliphatic hydroxyl groups excluding tert-OH is 1. The Labute approximate surface area is 125 Å². The zero-order valence-electron chi connectivity index (χ0n) is 11.5. The van der Waals surface area contributed by atoms with E-state index in [1.54, 1.807) is 11.6 Å². The lowest BCUT2D eigenvalue weighted by Gasteiger charge is -2.13. The molecule has 1 heterocycles. The highest BCUT2D eigenvalue weighted by atomic mass is 35.5. The molecule has 0 amide bonds. The summed E-state index contributed by atoms with van der Waals surface area (Å²) in [7, 11) is 0. The molecule has 3 nitrogen and oxygen atoms in total. The Morgan fingerprint density at radius 2 is 1.86 bits per heavy atom. The van der Waals surface area contributed by atoms with Crippen molar-refractivity contribution in [1.29, 1.82) is 0 Å². The first-order valence-electron chi connectivity index (χ1n) is 6.39. The van der Waals surface area contributed by atoms with Gasteiger partial charge in [0, 0.05) is 13.0 Å². The second kappa shape index (κ2) is 6.07. The van der Waals surface area contributed by atoms with E-state index in [4.69, 9.17) is 11.6 Å². The van der Waals surface area contributed by atoms with Gasteiger partial charge in [-0.15, -0.1) is 0 Å². The summed E-state index contributed by atoms with van der Waals surface area (Å²) >= 11 is 6.11. The fourth-order valence-corrected chi connectivity index (χ4v) is 2.35. The Hall–Kier alpha value is -1.53. The van der Waals surface area contributed by atoms with Crippen LogP contribution in [0.25, 0.3) is 0 Å². The highest BCUT2D eigenvalue weighted by molar-refractivity contribution is 6.31. The van der Waals surface area contributed by atoms with Crippen LogP contribution in [0.4, 0.5) is 13.2 Å². The molecule has 1 aromatic carbocycles. The highest BCUT2D eigenvalue weighted by Crippen LogP contribution is 2.27. The SMILES string of the molecule is CCn1nc(C)c(Cl)c1CC(O)c1cc(F)c(F)c(F)c1. The molecule has 114 valence electrons. The van der Waals surface area contributed by atoms with E-state index in [9.17, 15) is 18.3 Å². The Bertz CT molecular complexity index is 649. The molecule has 1 N–H and O–H groups in total. The van der Waals surface area contributed by atoms with E-state index in [0.29, 0.717) is 23.0 Å². The number of aryl methyl sites for hydroxylation is 2. The number of hydrogen-bond donors (Lipinski definition) is 1. The number of rotatable bonds is 4. The van der Waals surface area contributed by atoms with Crippen LogP contribution in [-0.2, 0) is 13.0 Å². The van der Waals surface area contributed by atoms with Crippen LogP contribution >= 0.6 is 11.6 Å². The molecule has 1 unspecified atom stereocenters. The van der Waals surface area contributed by atoms with Crippen LogP contribution in [0, 0.1) is 24.4 Å². The lowest BCUT2D eigenvalue weighted by molar-refractivity contribution is 0.174. The van der Waals surface area contributed by atoms with E-state index in [-0.39, 0.29) is 12.0 Å². The van der Waals surface area contributed by atoms with Crippen molar-refractivity contribution in [2.45, 2.75) is 32.9 Å². The molecule has 0 bridgehead atoms. The zero-order valence-corrected chi connectivity index (χ0v) is 12.3. The summed E-state index contributed by atoms with van der Waals surface area (Å²) in [5.41, 5.74) is 1.12. The van der Waals surface area contributed by atoms with Crippen LogP contribution < -0.4 is 0 Å². The second-order valence-electron chi connectivity index (χ2n) is 4.68. The van der Waals surface area contributed by atoms with Gasteiger partial charge in [0.15, 0.2) is 17.5 Å². The van der Waals surface area contributed by atoms with Crippen molar-refractivity contribution >= 4 is 11.6 Å². The molecule has 0 saturated carbocycles. The second-order valence-corrected chi connectivity index (χ2v) is 5.06. The normalized spacial score (nSPS) is 12.7. The van der Waals surface area contributed by atoms with Crippen LogP contribution in [0.1, 0.15) is 30.0 Å². The van der Waals surface area contributed by atoms with Gasteiger partial charge in [0.1, 0.15) is 0 Å². The molecule has 0 aliphatic heterocycles. The third-order valence-corrected chi connectivity index (χ3v) is 3.72. The maximum atomic E-state index is 13.2. The van der Waals surface area contributed by atoms with E-state index < -0.39 is 23.6 Å². The molecule has 1 atom stereocenters. The average Bonchev–Trinajstić information content (AvgIpc) is 2.71. The summed E-state index contributed by atoms with van der Waals surface area (Å²) in [5.74, 6) is -4.23. The predicted molar refractivity (Wildman–Crippen MR) is 72.6 cm³/mol. The Morgan fingerprint density at radius 1 is 1.29 bits per heavy atom. The number of nitrogens with zero attached hydrogens (tertiary/aromatic N) is 2. The molecule has 1 aromatic heterocycles. The molecule has 7 heteroatoms. The van der Waals surface area contributed by atoms with E-state index in [1.165, 1.54) is 0 Å². The van der Waals surface area contributed by atoms with Crippen molar-refractivity contribution in [1.82, 2.24) is 9.78 Å². The fourth-order valence-electron chi connectivity index (χ4n) is 2.13. The van der Waals surface area contributed by atoms with Gasteiger partial charge in [-0.3, -0.25) is 4.68 Å². The first-order valence-corrected chi connectivity index (χ1v) is 6.77. The minimum Gasteiger partial charge on any atom is -0.388 e. The van der Waals surface area contributed by atoms with Crippen molar-refractivity contribution in [3.8, 4) is 0 Å². The van der Waals surface area contributed by atoms with Crippen LogP contribution in [0.5, 0.6) is 0 Å². The first-order chi connectivity index (χ1) is 9.85. The van der Waals surface area contributed by atoms with Crippen LogP contribution in [0.2, 0.25) is 5.02 Å². The van der Waals surface area contributed by atoms with Crippen molar-refractivity contribution < 1.29 is 18.3 Å². The van der Waals surface area contributed by atoms with Crippen molar-refractivity contribution in [2.75, 3.05) is 0 Å². The van der Waals surface area contributed by atoms with Gasteiger partial charge in [-0.05, 0) is 31.5 Å². The minimum atomic E-state index is -1.56. The Balaban J connectivity index is 2.32. The molecule has 21 heavy (non-hydrogen) atoms. The smallest absolute Gasteiger partial charge is 0.194 e. The predicted octanol–water partition coefficient (Wildman–Crippen LogP) is 3.56. The van der Waals surface area contributed by atoms with Crippen molar-refractivity contribution in [3.63, 3.8) is 0 Å². The minimum absolute atomic E-state index is 0.0258. The number of aromatic nitrogens is 2. The van der Waals surface area contributed by atoms with Gasteiger partial charge in [-0.1, -0.05) is 11.6 Å². The topological polar surface area (TPSA) is 38.0 Å². The Morgan fingerprint density at radius 3 is 2.38 bits per heavy atom. The highest BCUT2D eigenvalue weighted by Gasteiger charge is 2.20. The molecule has 0 aliphatic carbocycles. The third kappa shape index (κ3) is 3.06. The molecule has 0 spiro atoms. The van der Waals surface area contributed by atoms with Crippen molar-refractivity contribution in [3.05, 3.63) is 51.6 Å². The molecule has 2 aromatic rings. The van der Waals surface area contributed by atoms with E-state index >= 15 is 0 Å². The summed E-state index contributed by atoms with van der Waals surface area (Å²) < 4.78 is 40.9. The van der Waals surface area contributed by atoms with E-state index in [0.717, 1.165) is 12.1 Å². The largest absolute Gasteiger partial charge is 0.388 e. The first kappa shape index (κ1) is 15.9. The Kier molecular flexibility index (Phi) is 4.58. The molecule has 2 rings (SSSR count). The van der Waals surface area contributed by atoms with Gasteiger partial charge < -0.3 is 5.11 Å². The standard InChI is InChI=1S/C14H14ClF3N2O/c1-3-20-11(13(15)7(2)19-20)6-12(21)8-4-9(16)14(18)10(17)5-8/h4-5,12,21H,3,6H2,1-2H3. The zero-order chi connectivity index (χ0) is 15.7. The molecule has 0 radical (unpaired) electrons. The maximum Gasteiger partial charge on any atom is 0.194 e. The van der Waals surface area contributed by atoms with Gasteiger partial charge in [-0.2, -0.15) is 5.10 Å². The van der Waals surface area contributed by atoms with Crippen LogP contribution in [-0.4, -0.2) is 14.9 Å². The number of aliphatic hydroxyl groups is 1. The van der Waals surface area contributed by atoms with Crippen molar-refractivity contribution in [2.24, 2.45) is 0 Å². The van der Waals surface area contributed by atoms with Gasteiger partial charge in [0.05, 0.1) is 22.5 Å². The van der Waals surface area contributed by atoms with E-state index in [2.05, 4.69) is 5.10 Å². The quantitative estimate of drug-likeness (QED) is 0.875. The molecule has 0 saturated heterocycles. The van der Waals surface area contributed by atoms with Gasteiger partial charge in [0.2, 0.25) is 0 Å². The molecular formula is C14H14ClF3N2O. The molecule has 0 fully saturated rings. The summed E-state index contributed by atoms with van der Waals surface area (Å²) in [5, 5.41) is 14.7. The average molecular weight is 319 g/mol. The summed E-state index contributed by atoms with van der Waals surface area (Å²) in [6.07, 6.45) is -1.19. The van der Waals surface area contributed by atoms with Gasteiger partial charge in [-0.25, -0.2) is 13.2 Å². The lowest BCUT2D eigenvalue weighted by Crippen LogP contribution is -2.10. The number of hydrogen-bond acceptors (Lipinski definition) is 2. The van der Waals surface area contributed by atoms with E-state index in [1.807, 2.05) is 6.92 Å². The summed E-state index contributed by atoms with van der Waals surface area (Å²) in [6, 6.07) is 1.55. The maximum absolute atomic E-state index is 13.2. The monoisotopic (exact) mass is 318 g/mol. The van der Waals surface area contributed by atoms with Crippen LogP contribution in [0.3, 0.4) is 0 Å². The molecule has 0 aliphatic rings. The summed E-state index contributed by atoms with van der Waals surface area (Å²) in [6.45, 7) is 4.12. The van der Waals surface area contributed by atoms with Gasteiger partial charge >= 0.3 is 0 Å². The van der Waals surface area contributed by atoms with Crippen LogP contribution in [0.15, 0.2) is 12.1 Å². The number of halogens is 4.